The van der Waals surface area contributed by atoms with Crippen LogP contribution >= 0.6 is 12.4 Å². The smallest absolute Gasteiger partial charge is 0.341 e. The minimum Gasteiger partial charge on any atom is -0.341 e. The van der Waals surface area contributed by atoms with Gasteiger partial charge in [-0.05, 0) is 17.7 Å². The Morgan fingerprint density at radius 1 is 1.37 bits per heavy atom. The average molecular weight is 297 g/mol. The van der Waals surface area contributed by atoms with Gasteiger partial charge in [-0.25, -0.2) is 0 Å². The van der Waals surface area contributed by atoms with Crippen LogP contribution in [0.3, 0.4) is 0 Å². The van der Waals surface area contributed by atoms with Gasteiger partial charge < -0.3 is 10.6 Å². The highest BCUT2D eigenvalue weighted by Crippen LogP contribution is 2.29. The van der Waals surface area contributed by atoms with Crippen LogP contribution in [-0.4, -0.2) is 24.4 Å². The third kappa shape index (κ3) is 5.48. The number of alkyl halides is 3. The second-order valence-electron chi connectivity index (χ2n) is 3.99. The van der Waals surface area contributed by atoms with E-state index in [1.165, 1.54) is 18.0 Å². The average Bonchev–Trinajstić information content (AvgIpc) is 2.28. The lowest BCUT2D eigenvalue weighted by atomic mass is 10.1. The summed E-state index contributed by atoms with van der Waals surface area (Å²) in [5.41, 5.74) is 4.98. The number of hydrogen-bond acceptors (Lipinski definition) is 2. The number of amides is 1. The largest absolute Gasteiger partial charge is 0.416 e. The summed E-state index contributed by atoms with van der Waals surface area (Å²) in [6.07, 6.45) is -4.18. The first-order valence-electron chi connectivity index (χ1n) is 5.44. The van der Waals surface area contributed by atoms with Gasteiger partial charge in [0.05, 0.1) is 5.56 Å². The lowest BCUT2D eigenvalue weighted by Crippen LogP contribution is -2.28. The van der Waals surface area contributed by atoms with Crippen LogP contribution in [0.1, 0.15) is 17.5 Å². The maximum absolute atomic E-state index is 12.5. The molecule has 1 amide bonds. The summed E-state index contributed by atoms with van der Waals surface area (Å²) in [6, 6.07) is 4.94. The second kappa shape index (κ2) is 7.35. The van der Waals surface area contributed by atoms with E-state index in [1.54, 1.807) is 6.07 Å². The molecule has 0 heterocycles. The van der Waals surface area contributed by atoms with Gasteiger partial charge in [0.2, 0.25) is 5.91 Å². The van der Waals surface area contributed by atoms with Gasteiger partial charge in [-0.3, -0.25) is 4.79 Å². The fourth-order valence-corrected chi connectivity index (χ4v) is 1.52. The molecule has 108 valence electrons. The van der Waals surface area contributed by atoms with Crippen molar-refractivity contribution in [3.63, 3.8) is 0 Å². The molecular weight excluding hydrogens is 281 g/mol. The lowest BCUT2D eigenvalue weighted by molar-refractivity contribution is -0.137. The molecule has 3 nitrogen and oxygen atoms in total. The SMILES string of the molecule is CN(Cc1cccc(C(F)(F)F)c1)C(=O)CCN.Cl. The molecule has 7 heteroatoms. The van der Waals surface area contributed by atoms with Crippen LogP contribution < -0.4 is 5.73 Å². The van der Waals surface area contributed by atoms with Crippen LogP contribution in [0.4, 0.5) is 13.2 Å². The highest BCUT2D eigenvalue weighted by atomic mass is 35.5. The van der Waals surface area contributed by atoms with Crippen molar-refractivity contribution in [2.24, 2.45) is 5.73 Å². The Balaban J connectivity index is 0.00000324. The summed E-state index contributed by atoms with van der Waals surface area (Å²) < 4.78 is 37.5. The van der Waals surface area contributed by atoms with E-state index < -0.39 is 11.7 Å². The number of hydrogen-bond donors (Lipinski definition) is 1. The van der Waals surface area contributed by atoms with Crippen molar-refractivity contribution >= 4 is 18.3 Å². The summed E-state index contributed by atoms with van der Waals surface area (Å²) in [6.45, 7) is 0.370. The fourth-order valence-electron chi connectivity index (χ4n) is 1.52. The predicted molar refractivity (Wildman–Crippen MR) is 68.8 cm³/mol. The van der Waals surface area contributed by atoms with Crippen molar-refractivity contribution in [1.82, 2.24) is 4.90 Å². The number of benzene rings is 1. The van der Waals surface area contributed by atoms with Gasteiger partial charge in [0.25, 0.3) is 0 Å². The Morgan fingerprint density at radius 3 is 2.53 bits per heavy atom. The third-order valence-corrected chi connectivity index (χ3v) is 2.46. The Labute approximate surface area is 116 Å². The summed E-state index contributed by atoms with van der Waals surface area (Å²) >= 11 is 0. The standard InChI is InChI=1S/C12H15F3N2O.ClH/c1-17(11(18)5-6-16)8-9-3-2-4-10(7-9)12(13,14)15;/h2-4,7H,5-6,8,16H2,1H3;1H. The highest BCUT2D eigenvalue weighted by molar-refractivity contribution is 5.85. The zero-order valence-corrected chi connectivity index (χ0v) is 11.2. The molecule has 0 bridgehead atoms. The summed E-state index contributed by atoms with van der Waals surface area (Å²) in [5.74, 6) is -0.185. The van der Waals surface area contributed by atoms with Crippen molar-refractivity contribution < 1.29 is 18.0 Å². The number of rotatable bonds is 4. The van der Waals surface area contributed by atoms with Crippen LogP contribution in [0.2, 0.25) is 0 Å². The van der Waals surface area contributed by atoms with E-state index in [2.05, 4.69) is 0 Å². The Bertz CT molecular complexity index is 424. The van der Waals surface area contributed by atoms with Gasteiger partial charge in [0.15, 0.2) is 0 Å². The molecule has 0 radical (unpaired) electrons. The lowest BCUT2D eigenvalue weighted by Gasteiger charge is -2.17. The Hall–Kier alpha value is -1.27. The third-order valence-electron chi connectivity index (χ3n) is 2.46. The molecule has 1 rings (SSSR count). The van der Waals surface area contributed by atoms with Crippen LogP contribution in [0, 0.1) is 0 Å². The topological polar surface area (TPSA) is 46.3 Å². The molecule has 1 aromatic rings. The quantitative estimate of drug-likeness (QED) is 0.927. The van der Waals surface area contributed by atoms with Crippen LogP contribution in [-0.2, 0) is 17.5 Å². The first-order chi connectivity index (χ1) is 8.34. The molecule has 0 aliphatic heterocycles. The van der Waals surface area contributed by atoms with Crippen LogP contribution in [0.15, 0.2) is 24.3 Å². The predicted octanol–water partition coefficient (Wildman–Crippen LogP) is 2.43. The van der Waals surface area contributed by atoms with E-state index >= 15 is 0 Å². The Morgan fingerprint density at radius 2 is 2.00 bits per heavy atom. The van der Waals surface area contributed by atoms with Crippen molar-refractivity contribution in [3.8, 4) is 0 Å². The highest BCUT2D eigenvalue weighted by Gasteiger charge is 2.30. The second-order valence-corrected chi connectivity index (χ2v) is 3.99. The maximum atomic E-state index is 12.5. The molecule has 0 saturated heterocycles. The molecule has 0 saturated carbocycles. The van der Waals surface area contributed by atoms with Gasteiger partial charge in [0.1, 0.15) is 0 Å². The Kier molecular flexibility index (Phi) is 6.86. The van der Waals surface area contributed by atoms with E-state index in [0.717, 1.165) is 12.1 Å². The molecule has 0 spiro atoms. The molecule has 2 N–H and O–H groups in total. The molecule has 0 fully saturated rings. The molecule has 0 unspecified atom stereocenters. The summed E-state index contributed by atoms with van der Waals surface area (Å²) in [4.78, 5) is 12.8. The zero-order chi connectivity index (χ0) is 13.8. The van der Waals surface area contributed by atoms with Crippen molar-refractivity contribution in [3.05, 3.63) is 35.4 Å². The van der Waals surface area contributed by atoms with Gasteiger partial charge in [-0.1, -0.05) is 12.1 Å². The summed E-state index contributed by atoms with van der Waals surface area (Å²) in [5, 5.41) is 0. The van der Waals surface area contributed by atoms with Gasteiger partial charge in [-0.2, -0.15) is 13.2 Å². The number of carbonyl (C=O) groups is 1. The van der Waals surface area contributed by atoms with Crippen molar-refractivity contribution in [2.45, 2.75) is 19.1 Å². The van der Waals surface area contributed by atoms with E-state index in [1.807, 2.05) is 0 Å². The molecule has 0 atom stereocenters. The minimum absolute atomic E-state index is 0. The molecular formula is C12H16ClF3N2O. The number of nitrogens with zero attached hydrogens (tertiary/aromatic N) is 1. The van der Waals surface area contributed by atoms with Crippen molar-refractivity contribution in [1.29, 1.82) is 0 Å². The zero-order valence-electron chi connectivity index (χ0n) is 10.4. The normalized spacial score (nSPS) is 10.8. The minimum atomic E-state index is -4.37. The van der Waals surface area contributed by atoms with Crippen LogP contribution in [0.25, 0.3) is 0 Å². The van der Waals surface area contributed by atoms with Gasteiger partial charge in [0, 0.05) is 26.6 Å². The molecule has 0 aromatic heterocycles. The monoisotopic (exact) mass is 296 g/mol. The van der Waals surface area contributed by atoms with E-state index in [0.29, 0.717) is 5.56 Å². The van der Waals surface area contributed by atoms with Crippen molar-refractivity contribution in [2.75, 3.05) is 13.6 Å². The number of carbonyl (C=O) groups excluding carboxylic acids is 1. The first kappa shape index (κ1) is 17.7. The molecule has 0 aliphatic carbocycles. The van der Waals surface area contributed by atoms with E-state index in [-0.39, 0.29) is 37.8 Å². The van der Waals surface area contributed by atoms with E-state index in [9.17, 15) is 18.0 Å². The fraction of sp³-hybridized carbons (Fsp3) is 0.417. The first-order valence-corrected chi connectivity index (χ1v) is 5.44. The van der Waals surface area contributed by atoms with Crippen LogP contribution in [0.5, 0.6) is 0 Å². The van der Waals surface area contributed by atoms with E-state index in [4.69, 9.17) is 5.73 Å². The maximum Gasteiger partial charge on any atom is 0.416 e. The summed E-state index contributed by atoms with van der Waals surface area (Å²) in [7, 11) is 1.54. The number of halogens is 4. The molecule has 1 aromatic carbocycles. The number of nitrogens with two attached hydrogens (primary N) is 1. The molecule has 19 heavy (non-hydrogen) atoms. The van der Waals surface area contributed by atoms with Gasteiger partial charge >= 0.3 is 6.18 Å². The van der Waals surface area contributed by atoms with Gasteiger partial charge in [-0.15, -0.1) is 12.4 Å². The molecule has 0 aliphatic rings.